The van der Waals surface area contributed by atoms with Gasteiger partial charge in [0.15, 0.2) is 0 Å². The summed E-state index contributed by atoms with van der Waals surface area (Å²) in [5.74, 6) is -3.19. The van der Waals surface area contributed by atoms with Gasteiger partial charge in [0.1, 0.15) is 5.75 Å². The maximum atomic E-state index is 12.9. The van der Waals surface area contributed by atoms with Crippen molar-refractivity contribution in [3.05, 3.63) is 59.4 Å². The SMILES string of the molecule is CN(CCCCCCC1=C(c2cccnc2)CCCc2cc(O)ccc21)CCCSCCCC(F)(F)C(F)(F)F. The van der Waals surface area contributed by atoms with E-state index in [0.29, 0.717) is 11.5 Å². The smallest absolute Gasteiger partial charge is 0.453 e. The fraction of sp³-hybridized carbons (Fsp3) is 0.581. The number of phenols is 1. The van der Waals surface area contributed by atoms with E-state index in [0.717, 1.165) is 76.6 Å². The van der Waals surface area contributed by atoms with Crippen molar-refractivity contribution >= 4 is 22.9 Å². The van der Waals surface area contributed by atoms with E-state index < -0.39 is 18.5 Å². The highest BCUT2D eigenvalue weighted by Gasteiger charge is 2.56. The number of pyridine rings is 1. The number of phenolic OH excluding ortho intramolecular Hbond substituents is 1. The standard InChI is InChI=1S/C31H41F5N2OS/c1-38(19-9-21-40-20-8-16-30(32,33)31(34,35)36)18-5-3-2-4-12-29-27(25-11-7-17-37-23-25)13-6-10-24-22-26(39)14-15-28(24)29/h7,11,14-15,17,22-23,39H,2-6,8-10,12-13,16,18-21H2,1H3. The topological polar surface area (TPSA) is 36.4 Å². The number of aryl methyl sites for hydroxylation is 1. The first-order chi connectivity index (χ1) is 19.1. The summed E-state index contributed by atoms with van der Waals surface area (Å²) in [6.45, 7) is 1.87. The van der Waals surface area contributed by atoms with Gasteiger partial charge in [0.2, 0.25) is 0 Å². The van der Waals surface area contributed by atoms with Crippen LogP contribution in [0.5, 0.6) is 5.75 Å². The van der Waals surface area contributed by atoms with Gasteiger partial charge in [-0.25, -0.2) is 0 Å². The number of fused-ring (bicyclic) bond motifs is 1. The lowest BCUT2D eigenvalue weighted by atomic mass is 9.89. The molecule has 3 rings (SSSR count). The first-order valence-electron chi connectivity index (χ1n) is 14.2. The number of allylic oxidation sites excluding steroid dienone is 2. The van der Waals surface area contributed by atoms with E-state index in [9.17, 15) is 27.1 Å². The Morgan fingerprint density at radius 1 is 0.925 bits per heavy atom. The highest BCUT2D eigenvalue weighted by Crippen LogP contribution is 2.40. The highest BCUT2D eigenvalue weighted by atomic mass is 32.2. The minimum Gasteiger partial charge on any atom is -0.508 e. The van der Waals surface area contributed by atoms with Crippen molar-refractivity contribution < 1.29 is 27.1 Å². The lowest BCUT2D eigenvalue weighted by Crippen LogP contribution is -2.36. The van der Waals surface area contributed by atoms with Gasteiger partial charge in [0.25, 0.3) is 0 Å². The molecule has 9 heteroatoms. The number of hydrogen-bond donors (Lipinski definition) is 1. The number of nitrogens with zero attached hydrogens (tertiary/aromatic N) is 2. The molecule has 40 heavy (non-hydrogen) atoms. The molecule has 1 N–H and O–H groups in total. The molecule has 0 unspecified atom stereocenters. The van der Waals surface area contributed by atoms with Crippen molar-refractivity contribution in [2.45, 2.75) is 82.7 Å². The predicted molar refractivity (Wildman–Crippen MR) is 155 cm³/mol. The Kier molecular flexibility index (Phi) is 12.8. The fourth-order valence-corrected chi connectivity index (χ4v) is 6.11. The molecule has 0 atom stereocenters. The number of thioether (sulfide) groups is 1. The molecule has 1 heterocycles. The van der Waals surface area contributed by atoms with Crippen LogP contribution in [0.4, 0.5) is 22.0 Å². The van der Waals surface area contributed by atoms with E-state index >= 15 is 0 Å². The molecule has 3 nitrogen and oxygen atoms in total. The molecule has 0 fully saturated rings. The fourth-order valence-electron chi connectivity index (χ4n) is 5.22. The van der Waals surface area contributed by atoms with E-state index in [1.807, 2.05) is 18.3 Å². The normalized spacial score (nSPS) is 14.5. The molecular formula is C31H41F5N2OS. The largest absolute Gasteiger partial charge is 0.508 e. The van der Waals surface area contributed by atoms with Gasteiger partial charge in [-0.3, -0.25) is 4.98 Å². The molecule has 0 saturated heterocycles. The number of hydrogen-bond acceptors (Lipinski definition) is 4. The number of halogens is 5. The van der Waals surface area contributed by atoms with Crippen molar-refractivity contribution in [2.24, 2.45) is 0 Å². The zero-order valence-electron chi connectivity index (χ0n) is 23.3. The second-order valence-corrected chi connectivity index (χ2v) is 11.9. The van der Waals surface area contributed by atoms with Gasteiger partial charge in [-0.05, 0) is 129 Å². The van der Waals surface area contributed by atoms with E-state index in [2.05, 4.69) is 29.1 Å². The molecule has 0 radical (unpaired) electrons. The van der Waals surface area contributed by atoms with Gasteiger partial charge in [-0.2, -0.15) is 33.7 Å². The number of aromatic nitrogens is 1. The molecule has 0 spiro atoms. The maximum Gasteiger partial charge on any atom is 0.453 e. The van der Waals surface area contributed by atoms with Crippen LogP contribution < -0.4 is 0 Å². The van der Waals surface area contributed by atoms with Gasteiger partial charge in [-0.1, -0.05) is 25.0 Å². The summed E-state index contributed by atoms with van der Waals surface area (Å²) >= 11 is 1.44. The van der Waals surface area contributed by atoms with Gasteiger partial charge in [-0.15, -0.1) is 0 Å². The van der Waals surface area contributed by atoms with Gasteiger partial charge in [0.05, 0.1) is 0 Å². The molecule has 1 aromatic carbocycles. The highest BCUT2D eigenvalue weighted by molar-refractivity contribution is 7.99. The minimum absolute atomic E-state index is 0.137. The molecule has 1 aliphatic carbocycles. The van der Waals surface area contributed by atoms with Crippen LogP contribution in [0.2, 0.25) is 0 Å². The van der Waals surface area contributed by atoms with Gasteiger partial charge in [0, 0.05) is 18.8 Å². The van der Waals surface area contributed by atoms with E-state index in [1.54, 1.807) is 12.3 Å². The quantitative estimate of drug-likeness (QED) is 0.158. The lowest BCUT2D eigenvalue weighted by Gasteiger charge is -2.19. The number of benzene rings is 1. The van der Waals surface area contributed by atoms with Crippen LogP contribution in [-0.2, 0) is 6.42 Å². The van der Waals surface area contributed by atoms with Crippen LogP contribution in [0.25, 0.3) is 11.1 Å². The maximum absolute atomic E-state index is 12.9. The lowest BCUT2D eigenvalue weighted by molar-refractivity contribution is -0.284. The molecule has 0 aliphatic heterocycles. The summed E-state index contributed by atoms with van der Waals surface area (Å²) in [7, 11) is 2.07. The minimum atomic E-state index is -5.45. The van der Waals surface area contributed by atoms with Crippen molar-refractivity contribution in [2.75, 3.05) is 31.6 Å². The van der Waals surface area contributed by atoms with Crippen molar-refractivity contribution in [1.82, 2.24) is 9.88 Å². The Hall–Kier alpha value is -2.13. The van der Waals surface area contributed by atoms with E-state index in [4.69, 9.17) is 0 Å². The summed E-state index contributed by atoms with van der Waals surface area (Å²) in [6, 6.07) is 9.87. The van der Waals surface area contributed by atoms with Crippen molar-refractivity contribution in [3.8, 4) is 5.75 Å². The summed E-state index contributed by atoms with van der Waals surface area (Å²) in [5, 5.41) is 10.0. The number of unbranched alkanes of at least 4 members (excludes halogenated alkanes) is 3. The monoisotopic (exact) mass is 584 g/mol. The summed E-state index contributed by atoms with van der Waals surface area (Å²) in [5.41, 5.74) is 6.38. The zero-order valence-corrected chi connectivity index (χ0v) is 24.1. The predicted octanol–water partition coefficient (Wildman–Crippen LogP) is 9.02. The average molecular weight is 585 g/mol. The Balaban J connectivity index is 1.36. The molecule has 0 bridgehead atoms. The second kappa shape index (κ2) is 15.8. The molecule has 1 aromatic heterocycles. The molecule has 222 valence electrons. The summed E-state index contributed by atoms with van der Waals surface area (Å²) in [4.78, 5) is 6.60. The third-order valence-corrected chi connectivity index (χ3v) is 8.56. The van der Waals surface area contributed by atoms with Gasteiger partial charge >= 0.3 is 12.1 Å². The number of alkyl halides is 5. The van der Waals surface area contributed by atoms with Crippen LogP contribution in [0.15, 0.2) is 42.7 Å². The van der Waals surface area contributed by atoms with Crippen LogP contribution >= 0.6 is 11.8 Å². The second-order valence-electron chi connectivity index (χ2n) is 10.6. The Bertz CT molecular complexity index is 1080. The Labute approximate surface area is 239 Å². The molecule has 0 amide bonds. The molecule has 1 aliphatic rings. The molecular weight excluding hydrogens is 543 g/mol. The van der Waals surface area contributed by atoms with Crippen molar-refractivity contribution in [1.29, 1.82) is 0 Å². The third kappa shape index (κ3) is 10.1. The summed E-state index contributed by atoms with van der Waals surface area (Å²) < 4.78 is 62.4. The van der Waals surface area contributed by atoms with Gasteiger partial charge < -0.3 is 10.0 Å². The Morgan fingerprint density at radius 3 is 2.42 bits per heavy atom. The van der Waals surface area contributed by atoms with Crippen LogP contribution in [0.1, 0.15) is 80.9 Å². The first kappa shape index (κ1) is 32.4. The average Bonchev–Trinajstić information content (AvgIpc) is 3.08. The van der Waals surface area contributed by atoms with E-state index in [-0.39, 0.29) is 6.42 Å². The zero-order chi connectivity index (χ0) is 29.0. The van der Waals surface area contributed by atoms with Crippen molar-refractivity contribution in [3.63, 3.8) is 0 Å². The van der Waals surface area contributed by atoms with Crippen LogP contribution in [0, 0.1) is 0 Å². The first-order valence-corrected chi connectivity index (χ1v) is 15.4. The molecule has 0 saturated carbocycles. The van der Waals surface area contributed by atoms with Crippen LogP contribution in [-0.4, -0.2) is 58.7 Å². The molecule has 2 aromatic rings. The summed E-state index contributed by atoms with van der Waals surface area (Å²) in [6.07, 6.45) is 6.33. The Morgan fingerprint density at radius 2 is 1.68 bits per heavy atom. The number of rotatable bonds is 16. The van der Waals surface area contributed by atoms with E-state index in [1.165, 1.54) is 39.6 Å². The number of aromatic hydroxyl groups is 1. The van der Waals surface area contributed by atoms with Crippen LogP contribution in [0.3, 0.4) is 0 Å². The third-order valence-electron chi connectivity index (χ3n) is 7.40.